The van der Waals surface area contributed by atoms with E-state index in [4.69, 9.17) is 4.74 Å². The molecule has 0 saturated heterocycles. The molecule has 1 unspecified atom stereocenters. The third kappa shape index (κ3) is 4.29. The molecule has 0 aliphatic rings. The van der Waals surface area contributed by atoms with Crippen LogP contribution in [-0.4, -0.2) is 19.8 Å². The highest BCUT2D eigenvalue weighted by Crippen LogP contribution is 2.14. The third-order valence-corrected chi connectivity index (χ3v) is 2.66. The molecule has 1 aromatic rings. The molecule has 0 aromatic heterocycles. The lowest BCUT2D eigenvalue weighted by molar-refractivity contribution is 0.183. The molecule has 2 nitrogen and oxygen atoms in total. The fraction of sp³-hybridized carbons (Fsp3) is 0.538. The van der Waals surface area contributed by atoms with Crippen LogP contribution < -0.4 is 5.32 Å². The maximum atomic E-state index is 12.7. The van der Waals surface area contributed by atoms with Crippen molar-refractivity contribution in [2.75, 3.05) is 13.7 Å². The predicted molar refractivity (Wildman–Crippen MR) is 63.9 cm³/mol. The molecule has 3 heteroatoms. The van der Waals surface area contributed by atoms with Gasteiger partial charge in [-0.15, -0.1) is 0 Å². The zero-order chi connectivity index (χ0) is 12.0. The van der Waals surface area contributed by atoms with Gasteiger partial charge in [0.15, 0.2) is 0 Å². The average Bonchev–Trinajstić information content (AvgIpc) is 2.27. The lowest BCUT2D eigenvalue weighted by Gasteiger charge is -2.20. The Balaban J connectivity index is 2.45. The minimum absolute atomic E-state index is 0.191. The summed E-state index contributed by atoms with van der Waals surface area (Å²) in [6, 6.07) is 7.24. The molecule has 0 fully saturated rings. The molecule has 1 N–H and O–H groups in total. The van der Waals surface area contributed by atoms with Gasteiger partial charge < -0.3 is 10.1 Å². The zero-order valence-electron chi connectivity index (χ0n) is 10.2. The van der Waals surface area contributed by atoms with Crippen LogP contribution in [0.2, 0.25) is 0 Å². The van der Waals surface area contributed by atoms with Crippen LogP contribution in [0.5, 0.6) is 0 Å². The van der Waals surface area contributed by atoms with Crippen molar-refractivity contribution in [3.8, 4) is 0 Å². The van der Waals surface area contributed by atoms with Crippen LogP contribution in [0.25, 0.3) is 0 Å². The second-order valence-electron chi connectivity index (χ2n) is 4.12. The average molecular weight is 225 g/mol. The van der Waals surface area contributed by atoms with E-state index in [2.05, 4.69) is 19.2 Å². The van der Waals surface area contributed by atoms with Gasteiger partial charge in [-0.25, -0.2) is 4.39 Å². The molecule has 0 spiro atoms. The highest BCUT2D eigenvalue weighted by molar-refractivity contribution is 5.19. The molecule has 16 heavy (non-hydrogen) atoms. The van der Waals surface area contributed by atoms with Gasteiger partial charge in [0.05, 0.1) is 0 Å². The van der Waals surface area contributed by atoms with Gasteiger partial charge in [-0.3, -0.25) is 0 Å². The van der Waals surface area contributed by atoms with E-state index in [1.54, 1.807) is 7.11 Å². The van der Waals surface area contributed by atoms with E-state index < -0.39 is 0 Å². The number of methoxy groups -OCH3 is 1. The van der Waals surface area contributed by atoms with Crippen LogP contribution in [-0.2, 0) is 4.74 Å². The summed E-state index contributed by atoms with van der Waals surface area (Å²) in [7, 11) is 1.70. The van der Waals surface area contributed by atoms with Crippen LogP contribution in [0.3, 0.4) is 0 Å². The highest BCUT2D eigenvalue weighted by atomic mass is 19.1. The van der Waals surface area contributed by atoms with E-state index in [0.29, 0.717) is 6.04 Å². The number of nitrogens with one attached hydrogen (secondary N) is 1. The predicted octanol–water partition coefficient (Wildman–Crippen LogP) is 2.90. The number of rotatable bonds is 6. The molecule has 0 amide bonds. The van der Waals surface area contributed by atoms with Crippen molar-refractivity contribution in [2.45, 2.75) is 32.4 Å². The van der Waals surface area contributed by atoms with Gasteiger partial charge in [-0.1, -0.05) is 12.1 Å². The summed E-state index contributed by atoms with van der Waals surface area (Å²) in [5.41, 5.74) is 1.10. The molecular formula is C13H20FNO. The lowest BCUT2D eigenvalue weighted by Crippen LogP contribution is -2.29. The van der Waals surface area contributed by atoms with E-state index in [-0.39, 0.29) is 11.9 Å². The molecule has 0 saturated carbocycles. The first kappa shape index (κ1) is 13.1. The van der Waals surface area contributed by atoms with E-state index in [1.165, 1.54) is 12.1 Å². The Morgan fingerprint density at radius 3 is 2.44 bits per heavy atom. The minimum atomic E-state index is -0.191. The van der Waals surface area contributed by atoms with Crippen LogP contribution in [0.15, 0.2) is 24.3 Å². The van der Waals surface area contributed by atoms with E-state index in [1.807, 2.05) is 12.1 Å². The quantitative estimate of drug-likeness (QED) is 0.803. The molecule has 2 atom stereocenters. The van der Waals surface area contributed by atoms with Gasteiger partial charge >= 0.3 is 0 Å². The molecule has 1 rings (SSSR count). The first-order valence-electron chi connectivity index (χ1n) is 5.64. The summed E-state index contributed by atoms with van der Waals surface area (Å²) >= 11 is 0. The standard InChI is InChI=1S/C13H20FNO/c1-10(8-9-16-3)15-11(2)12-4-6-13(14)7-5-12/h4-7,10-11,15H,8-9H2,1-3H3/t10?,11-/m0/s1. The van der Waals surface area contributed by atoms with Crippen molar-refractivity contribution in [3.63, 3.8) is 0 Å². The molecule has 0 aliphatic heterocycles. The minimum Gasteiger partial charge on any atom is -0.385 e. The summed E-state index contributed by atoms with van der Waals surface area (Å²) in [6.45, 7) is 4.96. The van der Waals surface area contributed by atoms with E-state index >= 15 is 0 Å². The van der Waals surface area contributed by atoms with Crippen LogP contribution in [0, 0.1) is 5.82 Å². The first-order chi connectivity index (χ1) is 7.63. The number of halogens is 1. The summed E-state index contributed by atoms with van der Waals surface area (Å²) < 4.78 is 17.8. The smallest absolute Gasteiger partial charge is 0.123 e. The zero-order valence-corrected chi connectivity index (χ0v) is 10.2. The lowest BCUT2D eigenvalue weighted by atomic mass is 10.1. The summed E-state index contributed by atoms with van der Waals surface area (Å²) in [5.74, 6) is -0.191. The van der Waals surface area contributed by atoms with Crippen molar-refractivity contribution in [3.05, 3.63) is 35.6 Å². The third-order valence-electron chi connectivity index (χ3n) is 2.66. The van der Waals surface area contributed by atoms with Crippen LogP contribution in [0.1, 0.15) is 31.9 Å². The summed E-state index contributed by atoms with van der Waals surface area (Å²) in [6.07, 6.45) is 0.974. The highest BCUT2D eigenvalue weighted by Gasteiger charge is 2.08. The van der Waals surface area contributed by atoms with Gasteiger partial charge in [-0.2, -0.15) is 0 Å². The maximum absolute atomic E-state index is 12.7. The fourth-order valence-corrected chi connectivity index (χ4v) is 1.65. The maximum Gasteiger partial charge on any atom is 0.123 e. The second-order valence-corrected chi connectivity index (χ2v) is 4.12. The molecular weight excluding hydrogens is 205 g/mol. The molecule has 0 heterocycles. The van der Waals surface area contributed by atoms with Crippen LogP contribution >= 0.6 is 0 Å². The first-order valence-corrected chi connectivity index (χ1v) is 5.64. The molecule has 0 aliphatic carbocycles. The van der Waals surface area contributed by atoms with E-state index in [9.17, 15) is 4.39 Å². The second kappa shape index (κ2) is 6.61. The van der Waals surface area contributed by atoms with E-state index in [0.717, 1.165) is 18.6 Å². The fourth-order valence-electron chi connectivity index (χ4n) is 1.65. The summed E-state index contributed by atoms with van der Waals surface area (Å²) in [5, 5.41) is 3.45. The topological polar surface area (TPSA) is 21.3 Å². The van der Waals surface area contributed by atoms with Gasteiger partial charge in [0, 0.05) is 25.8 Å². The van der Waals surface area contributed by atoms with Crippen molar-refractivity contribution >= 4 is 0 Å². The van der Waals surface area contributed by atoms with Crippen LogP contribution in [0.4, 0.5) is 4.39 Å². The Morgan fingerprint density at radius 1 is 1.25 bits per heavy atom. The van der Waals surface area contributed by atoms with Crippen molar-refractivity contribution < 1.29 is 9.13 Å². The Labute approximate surface area is 96.8 Å². The Kier molecular flexibility index (Phi) is 5.43. The number of hydrogen-bond donors (Lipinski definition) is 1. The van der Waals surface area contributed by atoms with Crippen molar-refractivity contribution in [1.82, 2.24) is 5.32 Å². The Hall–Kier alpha value is -0.930. The monoisotopic (exact) mass is 225 g/mol. The van der Waals surface area contributed by atoms with Gasteiger partial charge in [0.1, 0.15) is 5.82 Å². The number of ether oxygens (including phenoxy) is 1. The Bertz CT molecular complexity index is 299. The van der Waals surface area contributed by atoms with Crippen molar-refractivity contribution in [1.29, 1.82) is 0 Å². The number of benzene rings is 1. The molecule has 1 aromatic carbocycles. The van der Waals surface area contributed by atoms with Gasteiger partial charge in [-0.05, 0) is 38.0 Å². The molecule has 0 radical (unpaired) electrons. The normalized spacial score (nSPS) is 14.8. The molecule has 0 bridgehead atoms. The largest absolute Gasteiger partial charge is 0.385 e. The van der Waals surface area contributed by atoms with Gasteiger partial charge in [0.25, 0.3) is 0 Å². The Morgan fingerprint density at radius 2 is 1.88 bits per heavy atom. The summed E-state index contributed by atoms with van der Waals surface area (Å²) in [4.78, 5) is 0. The SMILES string of the molecule is COCCC(C)N[C@@H](C)c1ccc(F)cc1. The van der Waals surface area contributed by atoms with Gasteiger partial charge in [0.2, 0.25) is 0 Å². The number of hydrogen-bond acceptors (Lipinski definition) is 2. The van der Waals surface area contributed by atoms with Crippen molar-refractivity contribution in [2.24, 2.45) is 0 Å². The molecule has 90 valence electrons.